The second-order valence-electron chi connectivity index (χ2n) is 6.15. The van der Waals surface area contributed by atoms with E-state index in [1.54, 1.807) is 6.20 Å². The van der Waals surface area contributed by atoms with E-state index in [0.717, 1.165) is 23.6 Å². The van der Waals surface area contributed by atoms with Crippen LogP contribution in [0.2, 0.25) is 0 Å². The fraction of sp³-hybridized carbons (Fsp3) is 0.471. The Morgan fingerprint density at radius 2 is 2.04 bits per heavy atom. The third-order valence-corrected chi connectivity index (χ3v) is 3.96. The molecule has 1 aromatic heterocycles. The van der Waals surface area contributed by atoms with E-state index >= 15 is 0 Å². The Balaban J connectivity index is 1.61. The number of ether oxygens (including phenoxy) is 1. The number of likely N-dealkylation sites (tertiary alicyclic amines) is 1. The molecule has 6 heteroatoms. The van der Waals surface area contributed by atoms with E-state index in [1.165, 1.54) is 0 Å². The Hall–Kier alpha value is -2.37. The SMILES string of the molecule is CC(C)NC(=O)N1CCC(Oc2nncc3ccccc23)CC1. The lowest BCUT2D eigenvalue weighted by Gasteiger charge is -2.32. The Labute approximate surface area is 135 Å². The molecule has 0 bridgehead atoms. The molecule has 0 spiro atoms. The number of fused-ring (bicyclic) bond motifs is 1. The molecule has 0 atom stereocenters. The Morgan fingerprint density at radius 1 is 1.30 bits per heavy atom. The minimum Gasteiger partial charge on any atom is -0.473 e. The first-order chi connectivity index (χ1) is 11.1. The summed E-state index contributed by atoms with van der Waals surface area (Å²) in [5.41, 5.74) is 0. The van der Waals surface area contributed by atoms with Crippen molar-refractivity contribution in [3.63, 3.8) is 0 Å². The molecule has 0 unspecified atom stereocenters. The quantitative estimate of drug-likeness (QED) is 0.945. The minimum atomic E-state index is 0.00315. The molecule has 1 saturated heterocycles. The number of hydrogen-bond donors (Lipinski definition) is 1. The van der Waals surface area contributed by atoms with Gasteiger partial charge in [0.05, 0.1) is 6.20 Å². The molecular weight excluding hydrogens is 292 g/mol. The number of piperidine rings is 1. The van der Waals surface area contributed by atoms with Crippen molar-refractivity contribution >= 4 is 16.8 Å². The summed E-state index contributed by atoms with van der Waals surface area (Å²) in [5, 5.41) is 13.1. The summed E-state index contributed by atoms with van der Waals surface area (Å²) in [6, 6.07) is 8.08. The highest BCUT2D eigenvalue weighted by Gasteiger charge is 2.25. The summed E-state index contributed by atoms with van der Waals surface area (Å²) in [5.74, 6) is 0.577. The summed E-state index contributed by atoms with van der Waals surface area (Å²) in [6.07, 6.45) is 3.41. The van der Waals surface area contributed by atoms with Gasteiger partial charge in [-0.05, 0) is 19.9 Å². The molecule has 2 heterocycles. The first-order valence-corrected chi connectivity index (χ1v) is 8.06. The molecule has 3 rings (SSSR count). The monoisotopic (exact) mass is 314 g/mol. The van der Waals surface area contributed by atoms with Crippen molar-refractivity contribution in [3.8, 4) is 5.88 Å². The van der Waals surface area contributed by atoms with Gasteiger partial charge < -0.3 is 15.0 Å². The van der Waals surface area contributed by atoms with Gasteiger partial charge in [0, 0.05) is 42.7 Å². The predicted octanol–water partition coefficient (Wildman–Crippen LogP) is 2.59. The number of benzene rings is 1. The molecule has 0 radical (unpaired) electrons. The number of carbonyl (C=O) groups is 1. The zero-order chi connectivity index (χ0) is 16.2. The van der Waals surface area contributed by atoms with Crippen LogP contribution in [-0.4, -0.2) is 46.4 Å². The Kier molecular flexibility index (Phi) is 4.60. The second kappa shape index (κ2) is 6.81. The number of hydrogen-bond acceptors (Lipinski definition) is 4. The predicted molar refractivity (Wildman–Crippen MR) is 88.4 cm³/mol. The highest BCUT2D eigenvalue weighted by Crippen LogP contribution is 2.24. The fourth-order valence-corrected chi connectivity index (χ4v) is 2.76. The topological polar surface area (TPSA) is 67.4 Å². The summed E-state index contributed by atoms with van der Waals surface area (Å²) in [6.45, 7) is 5.32. The third kappa shape index (κ3) is 3.70. The van der Waals surface area contributed by atoms with Gasteiger partial charge in [0.15, 0.2) is 0 Å². The number of amides is 2. The number of rotatable bonds is 3. The van der Waals surface area contributed by atoms with Gasteiger partial charge in [-0.1, -0.05) is 18.2 Å². The van der Waals surface area contributed by atoms with Crippen LogP contribution in [0.25, 0.3) is 10.8 Å². The molecule has 0 saturated carbocycles. The first-order valence-electron chi connectivity index (χ1n) is 8.06. The number of nitrogens with zero attached hydrogens (tertiary/aromatic N) is 3. The molecular formula is C17H22N4O2. The largest absolute Gasteiger partial charge is 0.473 e. The van der Waals surface area contributed by atoms with E-state index in [-0.39, 0.29) is 18.2 Å². The normalized spacial score (nSPS) is 15.9. The average molecular weight is 314 g/mol. The average Bonchev–Trinajstić information content (AvgIpc) is 2.55. The highest BCUT2D eigenvalue weighted by molar-refractivity contribution is 5.85. The summed E-state index contributed by atoms with van der Waals surface area (Å²) in [4.78, 5) is 13.8. The molecule has 1 aromatic carbocycles. The van der Waals surface area contributed by atoms with E-state index < -0.39 is 0 Å². The molecule has 1 N–H and O–H groups in total. The molecule has 122 valence electrons. The van der Waals surface area contributed by atoms with Crippen LogP contribution < -0.4 is 10.1 Å². The first kappa shape index (κ1) is 15.5. The van der Waals surface area contributed by atoms with Crippen LogP contribution in [0, 0.1) is 0 Å². The molecule has 1 fully saturated rings. The van der Waals surface area contributed by atoms with Gasteiger partial charge in [0.2, 0.25) is 5.88 Å². The van der Waals surface area contributed by atoms with E-state index in [1.807, 2.05) is 43.0 Å². The number of urea groups is 1. The third-order valence-electron chi connectivity index (χ3n) is 3.96. The fourth-order valence-electron chi connectivity index (χ4n) is 2.76. The zero-order valence-electron chi connectivity index (χ0n) is 13.5. The van der Waals surface area contributed by atoms with Gasteiger partial charge in [0.25, 0.3) is 0 Å². The lowest BCUT2D eigenvalue weighted by Crippen LogP contribution is -2.48. The van der Waals surface area contributed by atoms with Crippen molar-refractivity contribution in [1.82, 2.24) is 20.4 Å². The van der Waals surface area contributed by atoms with Crippen LogP contribution in [-0.2, 0) is 0 Å². The lowest BCUT2D eigenvalue weighted by atomic mass is 10.1. The molecule has 6 nitrogen and oxygen atoms in total. The summed E-state index contributed by atoms with van der Waals surface area (Å²) < 4.78 is 6.05. The maximum Gasteiger partial charge on any atom is 0.317 e. The van der Waals surface area contributed by atoms with Gasteiger partial charge in [-0.15, -0.1) is 5.10 Å². The summed E-state index contributed by atoms with van der Waals surface area (Å²) in [7, 11) is 0. The molecule has 2 amide bonds. The van der Waals surface area contributed by atoms with Crippen LogP contribution in [0.3, 0.4) is 0 Å². The van der Waals surface area contributed by atoms with Crippen LogP contribution in [0.4, 0.5) is 4.79 Å². The van der Waals surface area contributed by atoms with Crippen molar-refractivity contribution in [1.29, 1.82) is 0 Å². The standard InChI is InChI=1S/C17H22N4O2/c1-12(2)19-17(22)21-9-7-14(8-10-21)23-16-15-6-4-3-5-13(15)11-18-20-16/h3-6,11-12,14H,7-10H2,1-2H3,(H,19,22). The van der Waals surface area contributed by atoms with Crippen molar-refractivity contribution in [2.45, 2.75) is 38.8 Å². The second-order valence-corrected chi connectivity index (χ2v) is 6.15. The number of nitrogens with one attached hydrogen (secondary N) is 1. The van der Waals surface area contributed by atoms with E-state index in [2.05, 4.69) is 15.5 Å². The summed E-state index contributed by atoms with van der Waals surface area (Å²) >= 11 is 0. The molecule has 2 aromatic rings. The lowest BCUT2D eigenvalue weighted by molar-refractivity contribution is 0.107. The molecule has 23 heavy (non-hydrogen) atoms. The van der Waals surface area contributed by atoms with Crippen molar-refractivity contribution < 1.29 is 9.53 Å². The zero-order valence-corrected chi connectivity index (χ0v) is 13.5. The van der Waals surface area contributed by atoms with Crippen LogP contribution in [0.1, 0.15) is 26.7 Å². The maximum atomic E-state index is 12.0. The highest BCUT2D eigenvalue weighted by atomic mass is 16.5. The van der Waals surface area contributed by atoms with Crippen molar-refractivity contribution in [3.05, 3.63) is 30.5 Å². The number of aromatic nitrogens is 2. The van der Waals surface area contributed by atoms with Gasteiger partial charge in [0.1, 0.15) is 6.10 Å². The van der Waals surface area contributed by atoms with Gasteiger partial charge >= 0.3 is 6.03 Å². The molecule has 1 aliphatic rings. The van der Waals surface area contributed by atoms with Crippen LogP contribution in [0.5, 0.6) is 5.88 Å². The minimum absolute atomic E-state index is 0.00315. The Morgan fingerprint density at radius 3 is 2.78 bits per heavy atom. The molecule has 1 aliphatic heterocycles. The maximum absolute atomic E-state index is 12.0. The van der Waals surface area contributed by atoms with E-state index in [9.17, 15) is 4.79 Å². The van der Waals surface area contributed by atoms with Crippen molar-refractivity contribution in [2.24, 2.45) is 0 Å². The smallest absolute Gasteiger partial charge is 0.317 e. The van der Waals surface area contributed by atoms with Gasteiger partial charge in [-0.2, -0.15) is 5.10 Å². The van der Waals surface area contributed by atoms with E-state index in [4.69, 9.17) is 4.74 Å². The van der Waals surface area contributed by atoms with Crippen LogP contribution >= 0.6 is 0 Å². The number of carbonyl (C=O) groups excluding carboxylic acids is 1. The molecule has 0 aliphatic carbocycles. The van der Waals surface area contributed by atoms with Gasteiger partial charge in [-0.25, -0.2) is 4.79 Å². The van der Waals surface area contributed by atoms with Crippen LogP contribution in [0.15, 0.2) is 30.5 Å². The van der Waals surface area contributed by atoms with E-state index in [0.29, 0.717) is 19.0 Å². The Bertz CT molecular complexity index is 676. The van der Waals surface area contributed by atoms with Crippen molar-refractivity contribution in [2.75, 3.05) is 13.1 Å². The van der Waals surface area contributed by atoms with Gasteiger partial charge in [-0.3, -0.25) is 0 Å².